The molecule has 1 amide bonds. The maximum atomic E-state index is 11.6. The predicted octanol–water partition coefficient (Wildman–Crippen LogP) is 1.39. The number of ether oxygens (including phenoxy) is 1. The van der Waals surface area contributed by atoms with Crippen LogP contribution in [0.2, 0.25) is 0 Å². The fourth-order valence-electron chi connectivity index (χ4n) is 1.46. The third-order valence-electron chi connectivity index (χ3n) is 2.40. The summed E-state index contributed by atoms with van der Waals surface area (Å²) >= 11 is 0. The molecule has 1 rings (SSSR count). The van der Waals surface area contributed by atoms with Gasteiger partial charge in [-0.2, -0.15) is 0 Å². The summed E-state index contributed by atoms with van der Waals surface area (Å²) in [5.74, 6) is 0.856. The highest BCUT2D eigenvalue weighted by Crippen LogP contribution is 2.11. The van der Waals surface area contributed by atoms with Crippen molar-refractivity contribution < 1.29 is 9.53 Å². The number of likely N-dealkylation sites (N-methyl/N-ethyl adjacent to an activating group) is 1. The molecule has 18 heavy (non-hydrogen) atoms. The van der Waals surface area contributed by atoms with E-state index in [1.54, 1.807) is 7.11 Å². The van der Waals surface area contributed by atoms with Crippen molar-refractivity contribution in [1.29, 1.82) is 0 Å². The van der Waals surface area contributed by atoms with Crippen molar-refractivity contribution in [2.75, 3.05) is 26.7 Å². The van der Waals surface area contributed by atoms with E-state index in [2.05, 4.69) is 10.6 Å². The van der Waals surface area contributed by atoms with E-state index in [0.29, 0.717) is 13.0 Å². The van der Waals surface area contributed by atoms with Crippen LogP contribution < -0.4 is 15.4 Å². The van der Waals surface area contributed by atoms with E-state index in [9.17, 15) is 4.79 Å². The van der Waals surface area contributed by atoms with Gasteiger partial charge in [-0.3, -0.25) is 4.79 Å². The topological polar surface area (TPSA) is 50.4 Å². The highest BCUT2D eigenvalue weighted by molar-refractivity contribution is 5.85. The van der Waals surface area contributed by atoms with E-state index >= 15 is 0 Å². The molecule has 0 bridgehead atoms. The largest absolute Gasteiger partial charge is 0.497 e. The van der Waals surface area contributed by atoms with Crippen molar-refractivity contribution in [2.45, 2.75) is 13.3 Å². The van der Waals surface area contributed by atoms with Crippen molar-refractivity contribution >= 4 is 18.3 Å². The molecule has 4 nitrogen and oxygen atoms in total. The monoisotopic (exact) mass is 272 g/mol. The quantitative estimate of drug-likeness (QED) is 0.738. The van der Waals surface area contributed by atoms with Gasteiger partial charge < -0.3 is 15.4 Å². The van der Waals surface area contributed by atoms with Gasteiger partial charge >= 0.3 is 0 Å². The van der Waals surface area contributed by atoms with Crippen LogP contribution in [0.4, 0.5) is 0 Å². The molecule has 0 aliphatic heterocycles. The van der Waals surface area contributed by atoms with E-state index in [1.165, 1.54) is 0 Å². The van der Waals surface area contributed by atoms with Gasteiger partial charge in [0.15, 0.2) is 0 Å². The first-order chi connectivity index (χ1) is 8.26. The maximum absolute atomic E-state index is 11.6. The number of rotatable bonds is 7. The van der Waals surface area contributed by atoms with Gasteiger partial charge in [0.2, 0.25) is 5.91 Å². The van der Waals surface area contributed by atoms with Crippen molar-refractivity contribution in [2.24, 2.45) is 0 Å². The number of carbonyl (C=O) groups excluding carboxylic acids is 1. The molecule has 0 unspecified atom stereocenters. The number of hydrogen-bond acceptors (Lipinski definition) is 3. The van der Waals surface area contributed by atoms with Crippen LogP contribution in [-0.4, -0.2) is 32.7 Å². The van der Waals surface area contributed by atoms with Crippen molar-refractivity contribution in [3.63, 3.8) is 0 Å². The summed E-state index contributed by atoms with van der Waals surface area (Å²) < 4.78 is 5.06. The summed E-state index contributed by atoms with van der Waals surface area (Å²) in [5.41, 5.74) is 0.992. The van der Waals surface area contributed by atoms with Crippen LogP contribution in [0.15, 0.2) is 24.3 Å². The normalized spacial score (nSPS) is 9.44. The number of amides is 1. The minimum Gasteiger partial charge on any atom is -0.497 e. The number of halogens is 1. The summed E-state index contributed by atoms with van der Waals surface area (Å²) in [4.78, 5) is 11.6. The van der Waals surface area contributed by atoms with E-state index in [1.807, 2.05) is 31.2 Å². The standard InChI is InChI=1S/C13H20N2O2.ClH/c1-3-14-8-9-15-13(16)10-11-4-6-12(17-2)7-5-11;/h4-7,14H,3,8-10H2,1-2H3,(H,15,16);1H. The zero-order valence-corrected chi connectivity index (χ0v) is 11.7. The van der Waals surface area contributed by atoms with Gasteiger partial charge in [-0.05, 0) is 24.2 Å². The van der Waals surface area contributed by atoms with Crippen LogP contribution in [0.1, 0.15) is 12.5 Å². The van der Waals surface area contributed by atoms with Gasteiger partial charge in [0.05, 0.1) is 13.5 Å². The summed E-state index contributed by atoms with van der Waals surface area (Å²) in [6.45, 7) is 4.45. The Morgan fingerprint density at radius 2 is 1.89 bits per heavy atom. The molecule has 0 radical (unpaired) electrons. The molecule has 1 aromatic rings. The van der Waals surface area contributed by atoms with E-state index in [0.717, 1.165) is 24.4 Å². The Balaban J connectivity index is 0.00000289. The molecule has 0 heterocycles. The van der Waals surface area contributed by atoms with Gasteiger partial charge in [-0.25, -0.2) is 0 Å². The molecule has 0 aliphatic carbocycles. The lowest BCUT2D eigenvalue weighted by atomic mass is 10.1. The average Bonchev–Trinajstić information content (AvgIpc) is 2.36. The number of methoxy groups -OCH3 is 1. The van der Waals surface area contributed by atoms with Crippen LogP contribution in [0.5, 0.6) is 5.75 Å². The second-order valence-electron chi connectivity index (χ2n) is 3.73. The molecule has 0 aromatic heterocycles. The first-order valence-corrected chi connectivity index (χ1v) is 5.86. The smallest absolute Gasteiger partial charge is 0.224 e. The number of benzene rings is 1. The number of hydrogen-bond donors (Lipinski definition) is 2. The van der Waals surface area contributed by atoms with Crippen LogP contribution in [0, 0.1) is 0 Å². The molecule has 0 saturated carbocycles. The molecule has 0 atom stereocenters. The molecule has 2 N–H and O–H groups in total. The van der Waals surface area contributed by atoms with E-state index < -0.39 is 0 Å². The Labute approximate surface area is 115 Å². The van der Waals surface area contributed by atoms with Crippen LogP contribution in [0.3, 0.4) is 0 Å². The van der Waals surface area contributed by atoms with Crippen molar-refractivity contribution in [3.8, 4) is 5.75 Å². The van der Waals surface area contributed by atoms with Crippen LogP contribution >= 0.6 is 12.4 Å². The minimum atomic E-state index is 0. The zero-order valence-electron chi connectivity index (χ0n) is 10.9. The maximum Gasteiger partial charge on any atom is 0.224 e. The predicted molar refractivity (Wildman–Crippen MR) is 75.5 cm³/mol. The number of carbonyl (C=O) groups is 1. The SMILES string of the molecule is CCNCCNC(=O)Cc1ccc(OC)cc1.Cl. The molecule has 0 saturated heterocycles. The zero-order chi connectivity index (χ0) is 12.5. The molecule has 0 aliphatic rings. The first-order valence-electron chi connectivity index (χ1n) is 5.86. The fourth-order valence-corrected chi connectivity index (χ4v) is 1.46. The van der Waals surface area contributed by atoms with E-state index in [-0.39, 0.29) is 18.3 Å². The Kier molecular flexibility index (Phi) is 9.06. The Hall–Kier alpha value is -1.26. The van der Waals surface area contributed by atoms with Gasteiger partial charge in [-0.15, -0.1) is 12.4 Å². The fraction of sp³-hybridized carbons (Fsp3) is 0.462. The summed E-state index contributed by atoms with van der Waals surface area (Å²) in [6, 6.07) is 7.54. The molecule has 102 valence electrons. The Morgan fingerprint density at radius 3 is 2.44 bits per heavy atom. The van der Waals surface area contributed by atoms with Gasteiger partial charge in [-0.1, -0.05) is 19.1 Å². The second-order valence-corrected chi connectivity index (χ2v) is 3.73. The minimum absolute atomic E-state index is 0. The Bertz CT molecular complexity index is 341. The first kappa shape index (κ1) is 16.7. The molecule has 5 heteroatoms. The summed E-state index contributed by atoms with van der Waals surface area (Å²) in [7, 11) is 1.63. The number of nitrogens with one attached hydrogen (secondary N) is 2. The van der Waals surface area contributed by atoms with Gasteiger partial charge in [0, 0.05) is 13.1 Å². The highest BCUT2D eigenvalue weighted by atomic mass is 35.5. The van der Waals surface area contributed by atoms with E-state index in [4.69, 9.17) is 4.74 Å². The Morgan fingerprint density at radius 1 is 1.22 bits per heavy atom. The molecule has 0 fully saturated rings. The lowest BCUT2D eigenvalue weighted by Crippen LogP contribution is -2.32. The van der Waals surface area contributed by atoms with Crippen molar-refractivity contribution in [1.82, 2.24) is 10.6 Å². The second kappa shape index (κ2) is 9.74. The van der Waals surface area contributed by atoms with Gasteiger partial charge in [0.25, 0.3) is 0 Å². The molecular weight excluding hydrogens is 252 g/mol. The molecule has 1 aromatic carbocycles. The third-order valence-corrected chi connectivity index (χ3v) is 2.40. The summed E-state index contributed by atoms with van der Waals surface area (Å²) in [6.07, 6.45) is 0.413. The van der Waals surface area contributed by atoms with Gasteiger partial charge in [0.1, 0.15) is 5.75 Å². The molecule has 0 spiro atoms. The average molecular weight is 273 g/mol. The van der Waals surface area contributed by atoms with Crippen LogP contribution in [0.25, 0.3) is 0 Å². The lowest BCUT2D eigenvalue weighted by Gasteiger charge is -2.06. The third kappa shape index (κ3) is 6.47. The van der Waals surface area contributed by atoms with Crippen LogP contribution in [-0.2, 0) is 11.2 Å². The lowest BCUT2D eigenvalue weighted by molar-refractivity contribution is -0.120. The molecular formula is C13H21ClN2O2. The summed E-state index contributed by atoms with van der Waals surface area (Å²) in [5, 5.41) is 6.01. The highest BCUT2D eigenvalue weighted by Gasteiger charge is 2.02. The van der Waals surface area contributed by atoms with Crippen molar-refractivity contribution in [3.05, 3.63) is 29.8 Å².